The molecular weight excluding hydrogens is 349 g/mol. The molecule has 0 aliphatic heterocycles. The number of hydrogen-bond acceptors (Lipinski definition) is 1. The van der Waals surface area contributed by atoms with Crippen LogP contribution < -0.4 is 9.62 Å². The van der Waals surface area contributed by atoms with Crippen LogP contribution in [0.5, 0.6) is 0 Å². The molecular formula is C2H5AlI2N2O. The van der Waals surface area contributed by atoms with Crippen molar-refractivity contribution >= 4 is 67.7 Å². The molecule has 0 aromatic rings. The van der Waals surface area contributed by atoms with Crippen LogP contribution in [0.4, 0.5) is 4.79 Å². The molecule has 0 aromatic heterocycles. The second-order valence-corrected chi connectivity index (χ2v) is 6.40. The fourth-order valence-electron chi connectivity index (χ4n) is 0.171. The summed E-state index contributed by atoms with van der Waals surface area (Å²) >= 11 is 4.93. The Morgan fingerprint density at radius 1 is 1.62 bits per heavy atom. The van der Waals surface area contributed by atoms with Gasteiger partial charge in [0.25, 0.3) is 6.03 Å². The van der Waals surface area contributed by atoms with Gasteiger partial charge in [-0.15, -0.1) is 0 Å². The number of halogens is 2. The Balaban J connectivity index is 3.25. The van der Waals surface area contributed by atoms with Gasteiger partial charge < -0.3 is 9.62 Å². The summed E-state index contributed by atoms with van der Waals surface area (Å²) in [6.45, 7) is 0. The Labute approximate surface area is 83.3 Å². The number of hydrogen-bond donors (Lipinski definition) is 2. The molecule has 0 spiro atoms. The van der Waals surface area contributed by atoms with Gasteiger partial charge in [-0.1, -0.05) is 0 Å². The van der Waals surface area contributed by atoms with Gasteiger partial charge in [0.2, 0.25) is 0 Å². The van der Waals surface area contributed by atoms with Gasteiger partial charge >= 0.3 is 16.5 Å². The number of rotatable bonds is 1. The molecule has 2 amide bonds. The fraction of sp³-hybridized carbons (Fsp3) is 0.500. The average Bonchev–Trinajstić information content (AvgIpc) is 1.65. The van der Waals surface area contributed by atoms with E-state index in [4.69, 9.17) is 0 Å². The van der Waals surface area contributed by atoms with Crippen LogP contribution in [0.15, 0.2) is 0 Å². The zero-order chi connectivity index (χ0) is 6.57. The minimum atomic E-state index is -0.0783. The second kappa shape index (κ2) is 5.08. The first kappa shape index (κ1) is 9.26. The lowest BCUT2D eigenvalue weighted by molar-refractivity contribution is 0.247. The Morgan fingerprint density at radius 3 is 2.25 bits per heavy atom. The first-order valence-corrected chi connectivity index (χ1v) is 5.42. The molecule has 8 heavy (non-hydrogen) atoms. The van der Waals surface area contributed by atoms with Crippen molar-refractivity contribution in [2.45, 2.75) is 2.06 Å². The molecule has 0 aliphatic rings. The summed E-state index contributed by atoms with van der Waals surface area (Å²) in [4.78, 5) is 10.4. The van der Waals surface area contributed by atoms with Gasteiger partial charge in [0.05, 0.1) is 0 Å². The molecule has 0 radical (unpaired) electrons. The van der Waals surface area contributed by atoms with Crippen molar-refractivity contribution in [2.24, 2.45) is 0 Å². The monoisotopic (exact) mass is 354 g/mol. The highest BCUT2D eigenvalue weighted by Gasteiger charge is 1.98. The van der Waals surface area contributed by atoms with Crippen LogP contribution in [0.3, 0.4) is 0 Å². The van der Waals surface area contributed by atoms with Crippen molar-refractivity contribution < 1.29 is 4.79 Å². The predicted molar refractivity (Wildman–Crippen MR) is 52.0 cm³/mol. The molecule has 0 saturated heterocycles. The molecule has 46 valence electrons. The van der Waals surface area contributed by atoms with Crippen molar-refractivity contribution in [3.8, 4) is 0 Å². The Kier molecular flexibility index (Phi) is 5.88. The largest absolute Gasteiger partial charge is 0.435 e. The van der Waals surface area contributed by atoms with E-state index in [9.17, 15) is 4.79 Å². The van der Waals surface area contributed by atoms with Gasteiger partial charge in [0, 0.05) is 0 Å². The average molecular weight is 354 g/mol. The molecule has 0 bridgehead atoms. The minimum Gasteiger partial charge on any atom is -0.435 e. The van der Waals surface area contributed by atoms with Crippen molar-refractivity contribution in [1.29, 1.82) is 0 Å². The summed E-state index contributed by atoms with van der Waals surface area (Å²) in [6, 6.07) is -0.0783. The maximum absolute atomic E-state index is 10.4. The molecule has 0 saturated carbocycles. The molecule has 0 aromatic carbocycles. The first-order valence-electron chi connectivity index (χ1n) is 1.93. The normalized spacial score (nSPS) is 8.88. The van der Waals surface area contributed by atoms with Crippen LogP contribution in [0.1, 0.15) is 0 Å². The summed E-state index contributed by atoms with van der Waals surface area (Å²) in [5.74, 6) is 0. The molecule has 0 aliphatic carbocycles. The highest BCUT2D eigenvalue weighted by atomic mass is 127. The number of carbonyl (C=O) groups is 1. The van der Waals surface area contributed by atoms with E-state index in [1.54, 1.807) is 0 Å². The van der Waals surface area contributed by atoms with E-state index in [1.807, 2.05) is 0 Å². The molecule has 3 nitrogen and oxygen atoms in total. The maximum atomic E-state index is 10.4. The molecule has 0 unspecified atom stereocenters. The smallest absolute Gasteiger partial charge is 0.366 e. The van der Waals surface area contributed by atoms with Crippen LogP contribution >= 0.6 is 45.2 Å². The van der Waals surface area contributed by atoms with E-state index < -0.39 is 0 Å². The summed E-state index contributed by atoms with van der Waals surface area (Å²) in [5, 5.41) is 2.65. The lowest BCUT2D eigenvalue weighted by Crippen LogP contribution is -2.35. The van der Waals surface area contributed by atoms with Crippen molar-refractivity contribution in [1.82, 2.24) is 9.62 Å². The third-order valence-corrected chi connectivity index (χ3v) is 1.54. The fourth-order valence-corrected chi connectivity index (χ4v) is 0.881. The zero-order valence-electron chi connectivity index (χ0n) is 4.24. The number of amides is 2. The van der Waals surface area contributed by atoms with Gasteiger partial charge in [-0.2, -0.15) is 0 Å². The van der Waals surface area contributed by atoms with Gasteiger partial charge in [-0.3, -0.25) is 4.79 Å². The number of urea groups is 1. The lowest BCUT2D eigenvalue weighted by atomic mass is 11.0. The standard InChI is InChI=1S/C2H4I2N2O.Al.2H/c3-1(4)6-2(5)7;;;/h1H,(H3,5,6,7);;;/q;+1;;/p-1. The van der Waals surface area contributed by atoms with Crippen molar-refractivity contribution in [2.75, 3.05) is 0 Å². The summed E-state index contributed by atoms with van der Waals surface area (Å²) in [5.41, 5.74) is 0. The van der Waals surface area contributed by atoms with Crippen LogP contribution in [-0.2, 0) is 0 Å². The Bertz CT molecular complexity index is 88.1. The van der Waals surface area contributed by atoms with E-state index in [1.165, 1.54) is 0 Å². The van der Waals surface area contributed by atoms with Gasteiger partial charge in [-0.25, -0.2) is 0 Å². The third kappa shape index (κ3) is 5.40. The molecule has 6 heteroatoms. The van der Waals surface area contributed by atoms with Gasteiger partial charge in [-0.05, 0) is 45.2 Å². The van der Waals surface area contributed by atoms with E-state index in [-0.39, 0.29) is 8.09 Å². The predicted octanol–water partition coefficient (Wildman–Crippen LogP) is -0.0127. The van der Waals surface area contributed by atoms with E-state index >= 15 is 0 Å². The lowest BCUT2D eigenvalue weighted by Gasteiger charge is -2.03. The second-order valence-electron chi connectivity index (χ2n) is 1.02. The van der Waals surface area contributed by atoms with Crippen molar-refractivity contribution in [3.05, 3.63) is 0 Å². The molecule has 0 atom stereocenters. The van der Waals surface area contributed by atoms with Crippen molar-refractivity contribution in [3.63, 3.8) is 0 Å². The first-order chi connectivity index (χ1) is 3.66. The SMILES string of the molecule is O=C([NH][AlH2])NC(I)I. The summed E-state index contributed by atoms with van der Waals surface area (Å²) in [6.07, 6.45) is 0. The highest BCUT2D eigenvalue weighted by Crippen LogP contribution is 2.03. The number of nitrogens with one attached hydrogen (secondary N) is 2. The molecule has 0 rings (SSSR count). The molecule has 0 fully saturated rings. The minimum absolute atomic E-state index is 0.0783. The topological polar surface area (TPSA) is 41.1 Å². The number of carbonyl (C=O) groups excluding carboxylic acids is 1. The van der Waals surface area contributed by atoms with Crippen LogP contribution in [0, 0.1) is 0 Å². The van der Waals surface area contributed by atoms with Crippen LogP contribution in [-0.4, -0.2) is 24.6 Å². The summed E-state index contributed by atoms with van der Waals surface area (Å²) in [7, 11) is 0. The zero-order valence-corrected chi connectivity index (χ0v) is 10.6. The van der Waals surface area contributed by atoms with Crippen LogP contribution in [0.25, 0.3) is 0 Å². The van der Waals surface area contributed by atoms with E-state index in [0.29, 0.717) is 16.5 Å². The molecule has 2 N–H and O–H groups in total. The Morgan fingerprint density at radius 2 is 2.12 bits per heavy atom. The van der Waals surface area contributed by atoms with E-state index in [2.05, 4.69) is 54.8 Å². The number of alkyl halides is 2. The van der Waals surface area contributed by atoms with Gasteiger partial charge in [0.1, 0.15) is 2.06 Å². The summed E-state index contributed by atoms with van der Waals surface area (Å²) < 4.78 is 2.76. The van der Waals surface area contributed by atoms with Gasteiger partial charge in [0.15, 0.2) is 0 Å². The van der Waals surface area contributed by atoms with Crippen LogP contribution in [0.2, 0.25) is 0 Å². The Hall–Kier alpha value is 1.26. The highest BCUT2D eigenvalue weighted by molar-refractivity contribution is 14.2. The third-order valence-electron chi connectivity index (χ3n) is 0.467. The molecule has 0 heterocycles. The van der Waals surface area contributed by atoms with E-state index in [0.717, 1.165) is 0 Å². The quantitative estimate of drug-likeness (QED) is 0.296. The maximum Gasteiger partial charge on any atom is 0.366 e.